The smallest absolute Gasteiger partial charge is 0.126 e. The number of hydrogen-bond donors (Lipinski definition) is 1. The van der Waals surface area contributed by atoms with Gasteiger partial charge in [-0.15, -0.1) is 0 Å². The van der Waals surface area contributed by atoms with Gasteiger partial charge in [0.15, 0.2) is 0 Å². The average Bonchev–Trinajstić information content (AvgIpc) is 2.20. The van der Waals surface area contributed by atoms with Gasteiger partial charge in [0, 0.05) is 23.1 Å². The van der Waals surface area contributed by atoms with Crippen molar-refractivity contribution in [2.24, 2.45) is 5.11 Å². The van der Waals surface area contributed by atoms with E-state index in [-0.39, 0.29) is 5.75 Å². The van der Waals surface area contributed by atoms with Crippen molar-refractivity contribution in [3.63, 3.8) is 0 Å². The van der Waals surface area contributed by atoms with Gasteiger partial charge in [-0.3, -0.25) is 0 Å². The molecule has 1 rings (SSSR count). The SMILES string of the molecule is [N-]=[N+]=NCCC=Cc1ccc(F)cc1O. The van der Waals surface area contributed by atoms with Crippen molar-refractivity contribution in [1.82, 2.24) is 0 Å². The molecule has 5 heteroatoms. The summed E-state index contributed by atoms with van der Waals surface area (Å²) in [4.78, 5) is 2.60. The van der Waals surface area contributed by atoms with Crippen LogP contribution in [0.15, 0.2) is 29.4 Å². The third-order valence-corrected chi connectivity index (χ3v) is 1.75. The fourth-order valence-electron chi connectivity index (χ4n) is 1.05. The maximum atomic E-state index is 12.6. The van der Waals surface area contributed by atoms with Gasteiger partial charge in [-0.05, 0) is 24.1 Å². The number of halogens is 1. The number of rotatable bonds is 4. The van der Waals surface area contributed by atoms with Crippen LogP contribution in [0.25, 0.3) is 16.5 Å². The van der Waals surface area contributed by atoms with E-state index in [2.05, 4.69) is 10.0 Å². The number of hydrogen-bond acceptors (Lipinski definition) is 2. The second-order valence-electron chi connectivity index (χ2n) is 2.85. The minimum absolute atomic E-state index is 0.102. The molecule has 1 N–H and O–H groups in total. The maximum absolute atomic E-state index is 12.6. The normalized spacial score (nSPS) is 10.2. The molecule has 0 aliphatic heterocycles. The molecule has 0 unspecified atom stereocenters. The Labute approximate surface area is 86.3 Å². The molecule has 0 amide bonds. The molecular weight excluding hydrogens is 197 g/mol. The first-order chi connectivity index (χ1) is 7.24. The van der Waals surface area contributed by atoms with E-state index in [1.807, 2.05) is 0 Å². The number of phenols is 1. The summed E-state index contributed by atoms with van der Waals surface area (Å²) in [5, 5.41) is 12.7. The summed E-state index contributed by atoms with van der Waals surface area (Å²) >= 11 is 0. The van der Waals surface area contributed by atoms with E-state index in [1.165, 1.54) is 12.1 Å². The van der Waals surface area contributed by atoms with Crippen LogP contribution < -0.4 is 0 Å². The fourth-order valence-corrected chi connectivity index (χ4v) is 1.05. The molecular formula is C10H10FN3O. The lowest BCUT2D eigenvalue weighted by Gasteiger charge is -1.97. The third kappa shape index (κ3) is 3.70. The standard InChI is InChI=1S/C10H10FN3O/c11-9-5-4-8(10(15)7-9)3-1-2-6-13-14-12/h1,3-5,7,15H,2,6H2. The molecule has 0 saturated carbocycles. The molecule has 0 aliphatic rings. The molecule has 1 aromatic rings. The van der Waals surface area contributed by atoms with Crippen LogP contribution in [-0.4, -0.2) is 11.7 Å². The van der Waals surface area contributed by atoms with Crippen molar-refractivity contribution in [3.05, 3.63) is 46.1 Å². The Morgan fingerprint density at radius 3 is 3.00 bits per heavy atom. The van der Waals surface area contributed by atoms with E-state index in [0.717, 1.165) is 6.07 Å². The first-order valence-corrected chi connectivity index (χ1v) is 4.40. The zero-order chi connectivity index (χ0) is 11.1. The molecule has 15 heavy (non-hydrogen) atoms. The van der Waals surface area contributed by atoms with Gasteiger partial charge < -0.3 is 5.11 Å². The summed E-state index contributed by atoms with van der Waals surface area (Å²) in [5.74, 6) is -0.575. The van der Waals surface area contributed by atoms with Crippen LogP contribution in [0.2, 0.25) is 0 Å². The molecule has 1 aromatic carbocycles. The van der Waals surface area contributed by atoms with E-state index in [1.54, 1.807) is 12.2 Å². The molecule has 0 atom stereocenters. The first-order valence-electron chi connectivity index (χ1n) is 4.40. The Balaban J connectivity index is 2.60. The highest BCUT2D eigenvalue weighted by Gasteiger charge is 1.97. The second kappa shape index (κ2) is 5.67. The quantitative estimate of drug-likeness (QED) is 0.350. The minimum Gasteiger partial charge on any atom is -0.507 e. The largest absolute Gasteiger partial charge is 0.507 e. The number of phenolic OH excluding ortho intramolecular Hbond substituents is 1. The second-order valence-corrected chi connectivity index (χ2v) is 2.85. The van der Waals surface area contributed by atoms with Crippen LogP contribution >= 0.6 is 0 Å². The lowest BCUT2D eigenvalue weighted by Crippen LogP contribution is -1.78. The summed E-state index contributed by atoms with van der Waals surface area (Å²) in [6, 6.07) is 3.80. The fraction of sp³-hybridized carbons (Fsp3) is 0.200. The van der Waals surface area contributed by atoms with Crippen LogP contribution in [0.3, 0.4) is 0 Å². The van der Waals surface area contributed by atoms with Crippen LogP contribution in [0.5, 0.6) is 5.75 Å². The highest BCUT2D eigenvalue weighted by molar-refractivity contribution is 5.56. The van der Waals surface area contributed by atoms with E-state index in [4.69, 9.17) is 5.53 Å². The Bertz CT molecular complexity index is 411. The predicted molar refractivity (Wildman–Crippen MR) is 55.7 cm³/mol. The number of aromatic hydroxyl groups is 1. The third-order valence-electron chi connectivity index (χ3n) is 1.75. The topological polar surface area (TPSA) is 69.0 Å². The van der Waals surface area contributed by atoms with Gasteiger partial charge in [-0.1, -0.05) is 17.3 Å². The highest BCUT2D eigenvalue weighted by atomic mass is 19.1. The van der Waals surface area contributed by atoms with Gasteiger partial charge >= 0.3 is 0 Å². The van der Waals surface area contributed by atoms with Gasteiger partial charge in [-0.25, -0.2) is 4.39 Å². The molecule has 0 aromatic heterocycles. The summed E-state index contributed by atoms with van der Waals surface area (Å²) < 4.78 is 12.6. The monoisotopic (exact) mass is 207 g/mol. The van der Waals surface area contributed by atoms with Gasteiger partial charge in [0.05, 0.1) is 0 Å². The van der Waals surface area contributed by atoms with Crippen LogP contribution in [0.1, 0.15) is 12.0 Å². The van der Waals surface area contributed by atoms with Crippen molar-refractivity contribution in [2.75, 3.05) is 6.54 Å². The van der Waals surface area contributed by atoms with Crippen molar-refractivity contribution in [3.8, 4) is 5.75 Å². The zero-order valence-electron chi connectivity index (χ0n) is 7.97. The molecule has 4 nitrogen and oxygen atoms in total. The average molecular weight is 207 g/mol. The lowest BCUT2D eigenvalue weighted by atomic mass is 10.1. The van der Waals surface area contributed by atoms with E-state index >= 15 is 0 Å². The number of azide groups is 1. The van der Waals surface area contributed by atoms with E-state index in [0.29, 0.717) is 18.5 Å². The molecule has 0 bridgehead atoms. The summed E-state index contributed by atoms with van der Waals surface area (Å²) in [6.45, 7) is 0.370. The lowest BCUT2D eigenvalue weighted by molar-refractivity contribution is 0.468. The van der Waals surface area contributed by atoms with E-state index in [9.17, 15) is 9.50 Å². The van der Waals surface area contributed by atoms with Crippen LogP contribution in [0.4, 0.5) is 4.39 Å². The van der Waals surface area contributed by atoms with Crippen molar-refractivity contribution in [2.45, 2.75) is 6.42 Å². The van der Waals surface area contributed by atoms with Crippen LogP contribution in [0, 0.1) is 5.82 Å². The summed E-state index contributed by atoms with van der Waals surface area (Å²) in [7, 11) is 0. The zero-order valence-corrected chi connectivity index (χ0v) is 7.97. The minimum atomic E-state index is -0.473. The van der Waals surface area contributed by atoms with Crippen molar-refractivity contribution in [1.29, 1.82) is 0 Å². The van der Waals surface area contributed by atoms with Gasteiger partial charge in [0.25, 0.3) is 0 Å². The Hall–Kier alpha value is -2.00. The van der Waals surface area contributed by atoms with E-state index < -0.39 is 5.82 Å². The summed E-state index contributed by atoms with van der Waals surface area (Å²) in [5.41, 5.74) is 8.55. The molecule has 0 fully saturated rings. The maximum Gasteiger partial charge on any atom is 0.126 e. The van der Waals surface area contributed by atoms with Gasteiger partial charge in [0.2, 0.25) is 0 Å². The Morgan fingerprint density at radius 1 is 1.53 bits per heavy atom. The summed E-state index contributed by atoms with van der Waals surface area (Å²) in [6.07, 6.45) is 3.99. The molecule has 0 saturated heterocycles. The van der Waals surface area contributed by atoms with Crippen molar-refractivity contribution < 1.29 is 9.50 Å². The van der Waals surface area contributed by atoms with Crippen LogP contribution in [-0.2, 0) is 0 Å². The number of nitrogens with zero attached hydrogens (tertiary/aromatic N) is 3. The first kappa shape index (κ1) is 11.1. The molecule has 0 aliphatic carbocycles. The van der Waals surface area contributed by atoms with Gasteiger partial charge in [0.1, 0.15) is 11.6 Å². The molecule has 0 spiro atoms. The highest BCUT2D eigenvalue weighted by Crippen LogP contribution is 2.19. The molecule has 78 valence electrons. The Kier molecular flexibility index (Phi) is 4.19. The Morgan fingerprint density at radius 2 is 2.33 bits per heavy atom. The molecule has 0 heterocycles. The molecule has 0 radical (unpaired) electrons. The predicted octanol–water partition coefficient (Wildman–Crippen LogP) is 3.24. The van der Waals surface area contributed by atoms with Crippen molar-refractivity contribution >= 4 is 6.08 Å². The number of benzene rings is 1. The van der Waals surface area contributed by atoms with Gasteiger partial charge in [-0.2, -0.15) is 0 Å².